The van der Waals surface area contributed by atoms with Crippen LogP contribution < -0.4 is 9.47 Å². The summed E-state index contributed by atoms with van der Waals surface area (Å²) in [6, 6.07) is 3.85. The van der Waals surface area contributed by atoms with Gasteiger partial charge in [0, 0.05) is 17.2 Å². The number of pyridine rings is 1. The summed E-state index contributed by atoms with van der Waals surface area (Å²) in [6.45, 7) is 0.148. The molecule has 25 heavy (non-hydrogen) atoms. The summed E-state index contributed by atoms with van der Waals surface area (Å²) in [5, 5.41) is 0. The van der Waals surface area contributed by atoms with Crippen LogP contribution in [0.5, 0.6) is 11.5 Å². The second-order valence-corrected chi connectivity index (χ2v) is 5.53. The summed E-state index contributed by atoms with van der Waals surface area (Å²) >= 11 is 0. The van der Waals surface area contributed by atoms with Crippen molar-refractivity contribution in [2.45, 2.75) is 25.2 Å². The molecule has 0 saturated heterocycles. The van der Waals surface area contributed by atoms with Crippen molar-refractivity contribution in [3.05, 3.63) is 52.6 Å². The molecule has 0 bridgehead atoms. The van der Waals surface area contributed by atoms with Crippen molar-refractivity contribution in [2.75, 3.05) is 0 Å². The molecule has 8 heteroatoms. The lowest BCUT2D eigenvalue weighted by molar-refractivity contribution is -0.121. The molecule has 0 amide bonds. The lowest BCUT2D eigenvalue weighted by Crippen LogP contribution is -2.17. The molecule has 1 aliphatic carbocycles. The van der Waals surface area contributed by atoms with Crippen LogP contribution in [0.2, 0.25) is 0 Å². The molecular weight excluding hydrogens is 339 g/mol. The van der Waals surface area contributed by atoms with Crippen LogP contribution in [0.1, 0.15) is 29.2 Å². The van der Waals surface area contributed by atoms with Crippen molar-refractivity contribution >= 4 is 12.9 Å². The predicted molar refractivity (Wildman–Crippen MR) is 78.7 cm³/mol. The van der Waals surface area contributed by atoms with Crippen LogP contribution in [-0.2, 0) is 22.4 Å². The second kappa shape index (κ2) is 6.92. The zero-order valence-corrected chi connectivity index (χ0v) is 12.8. The van der Waals surface area contributed by atoms with E-state index in [-0.39, 0.29) is 31.0 Å². The van der Waals surface area contributed by atoms with E-state index in [2.05, 4.69) is 14.5 Å². The Kier molecular flexibility index (Phi) is 4.69. The summed E-state index contributed by atoms with van der Waals surface area (Å²) in [6.07, 6.45) is 1.08. The van der Waals surface area contributed by atoms with E-state index < -0.39 is 23.3 Å². The molecule has 1 aromatic carbocycles. The summed E-state index contributed by atoms with van der Waals surface area (Å²) < 4.78 is 50.4. The normalized spacial score (nSPS) is 16.0. The minimum absolute atomic E-state index is 0.0485. The maximum atomic E-state index is 13.8. The van der Waals surface area contributed by atoms with Crippen molar-refractivity contribution < 1.29 is 32.2 Å². The molecule has 1 atom stereocenters. The lowest BCUT2D eigenvalue weighted by Gasteiger charge is -2.26. The first kappa shape index (κ1) is 16.9. The topological polar surface area (TPSA) is 65.5 Å². The van der Waals surface area contributed by atoms with Crippen LogP contribution in [0, 0.1) is 17.6 Å². The fraction of sp³-hybridized carbons (Fsp3) is 0.235. The van der Waals surface area contributed by atoms with Crippen LogP contribution in [0.4, 0.5) is 13.2 Å². The van der Waals surface area contributed by atoms with Gasteiger partial charge in [0.2, 0.25) is 5.82 Å². The van der Waals surface area contributed by atoms with Crippen molar-refractivity contribution in [3.8, 4) is 11.5 Å². The first-order valence-corrected chi connectivity index (χ1v) is 7.42. The highest BCUT2D eigenvalue weighted by Gasteiger charge is 2.28. The number of benzene rings is 1. The number of ether oxygens (including phenoxy) is 2. The third-order valence-electron chi connectivity index (χ3n) is 4.18. The molecule has 0 N–H and O–H groups in total. The van der Waals surface area contributed by atoms with Gasteiger partial charge >= 0.3 is 0 Å². The molecule has 0 fully saturated rings. The van der Waals surface area contributed by atoms with Gasteiger partial charge in [0.05, 0.1) is 0 Å². The van der Waals surface area contributed by atoms with Crippen LogP contribution in [-0.4, -0.2) is 17.9 Å². The van der Waals surface area contributed by atoms with E-state index in [9.17, 15) is 22.8 Å². The fourth-order valence-corrected chi connectivity index (χ4v) is 3.06. The van der Waals surface area contributed by atoms with Gasteiger partial charge in [0.25, 0.3) is 18.9 Å². The number of nitrogens with zero attached hydrogens (tertiary/aromatic N) is 1. The number of hydrogen-bond acceptors (Lipinski definition) is 5. The average Bonchev–Trinajstić information content (AvgIpc) is 2.60. The van der Waals surface area contributed by atoms with Gasteiger partial charge in [-0.3, -0.25) is 9.59 Å². The molecule has 1 heterocycles. The first-order valence-electron chi connectivity index (χ1n) is 7.42. The zero-order valence-electron chi connectivity index (χ0n) is 12.8. The van der Waals surface area contributed by atoms with Crippen LogP contribution in [0.15, 0.2) is 18.2 Å². The third-order valence-corrected chi connectivity index (χ3v) is 4.18. The molecule has 1 unspecified atom stereocenters. The number of rotatable bonds is 5. The van der Waals surface area contributed by atoms with Gasteiger partial charge in [-0.2, -0.15) is 8.78 Å². The van der Waals surface area contributed by atoms with E-state index in [4.69, 9.17) is 0 Å². The number of carbonyl (C=O) groups excluding carboxylic acids is 2. The lowest BCUT2D eigenvalue weighted by atomic mass is 9.81. The quantitative estimate of drug-likeness (QED) is 0.612. The van der Waals surface area contributed by atoms with Crippen molar-refractivity contribution in [1.29, 1.82) is 0 Å². The SMILES string of the molecule is O=COc1ccc(C2CCc3c(cc(F)c(F)c3OC=O)C2)nc1F. The number of carbonyl (C=O) groups is 2. The van der Waals surface area contributed by atoms with E-state index >= 15 is 0 Å². The molecule has 2 aromatic rings. The number of fused-ring (bicyclic) bond motifs is 1. The minimum atomic E-state index is -1.20. The van der Waals surface area contributed by atoms with Gasteiger partial charge in [-0.25, -0.2) is 9.37 Å². The van der Waals surface area contributed by atoms with Gasteiger partial charge in [-0.1, -0.05) is 0 Å². The Hall–Kier alpha value is -2.90. The number of aromatic nitrogens is 1. The molecular formula is C17H12F3NO4. The monoisotopic (exact) mass is 351 g/mol. The van der Waals surface area contributed by atoms with Gasteiger partial charge in [-0.05, 0) is 43.0 Å². The van der Waals surface area contributed by atoms with E-state index in [0.29, 0.717) is 29.7 Å². The standard InChI is InChI=1S/C17H12F3NO4/c18-12-6-10-5-9(1-2-11(10)16(15(12)19)25-8-23)13-3-4-14(24-7-22)17(20)21-13/h3-4,6-9H,1-2,5H2. The smallest absolute Gasteiger partial charge is 0.298 e. The van der Waals surface area contributed by atoms with Crippen LogP contribution in [0.3, 0.4) is 0 Å². The Morgan fingerprint density at radius 1 is 1.12 bits per heavy atom. The van der Waals surface area contributed by atoms with Crippen LogP contribution in [0.25, 0.3) is 0 Å². The first-order chi connectivity index (χ1) is 12.0. The predicted octanol–water partition coefficient (Wildman–Crippen LogP) is 2.84. The number of hydrogen-bond donors (Lipinski definition) is 0. The molecule has 5 nitrogen and oxygen atoms in total. The van der Waals surface area contributed by atoms with E-state index in [1.54, 1.807) is 0 Å². The highest BCUT2D eigenvalue weighted by Crippen LogP contribution is 2.39. The molecule has 1 aromatic heterocycles. The maximum Gasteiger partial charge on any atom is 0.298 e. The molecule has 0 spiro atoms. The Bertz CT molecular complexity index is 841. The van der Waals surface area contributed by atoms with Crippen molar-refractivity contribution in [3.63, 3.8) is 0 Å². The molecule has 1 aliphatic rings. The summed E-state index contributed by atoms with van der Waals surface area (Å²) in [4.78, 5) is 24.6. The van der Waals surface area contributed by atoms with Crippen molar-refractivity contribution in [2.24, 2.45) is 0 Å². The van der Waals surface area contributed by atoms with E-state index in [1.165, 1.54) is 12.1 Å². The van der Waals surface area contributed by atoms with Gasteiger partial charge in [0.1, 0.15) is 0 Å². The maximum absolute atomic E-state index is 13.8. The summed E-state index contributed by atoms with van der Waals surface area (Å²) in [5.74, 6) is -4.18. The van der Waals surface area contributed by atoms with E-state index in [0.717, 1.165) is 6.07 Å². The summed E-state index contributed by atoms with van der Waals surface area (Å²) in [5.41, 5.74) is 1.30. The Balaban J connectivity index is 1.92. The Labute approximate surface area is 140 Å². The highest BCUT2D eigenvalue weighted by molar-refractivity contribution is 5.52. The third kappa shape index (κ3) is 3.19. The molecule has 0 aliphatic heterocycles. The van der Waals surface area contributed by atoms with Crippen molar-refractivity contribution in [1.82, 2.24) is 4.98 Å². The highest BCUT2D eigenvalue weighted by atomic mass is 19.2. The van der Waals surface area contributed by atoms with Gasteiger partial charge in [0.15, 0.2) is 17.3 Å². The van der Waals surface area contributed by atoms with Gasteiger partial charge in [-0.15, -0.1) is 0 Å². The molecule has 3 rings (SSSR count). The summed E-state index contributed by atoms with van der Waals surface area (Å²) in [7, 11) is 0. The average molecular weight is 351 g/mol. The fourth-order valence-electron chi connectivity index (χ4n) is 3.06. The van der Waals surface area contributed by atoms with Crippen LogP contribution >= 0.6 is 0 Å². The Morgan fingerprint density at radius 2 is 1.88 bits per heavy atom. The minimum Gasteiger partial charge on any atom is -0.425 e. The second-order valence-electron chi connectivity index (χ2n) is 5.53. The Morgan fingerprint density at radius 3 is 2.56 bits per heavy atom. The zero-order chi connectivity index (χ0) is 18.0. The largest absolute Gasteiger partial charge is 0.425 e. The molecule has 0 radical (unpaired) electrons. The van der Waals surface area contributed by atoms with E-state index in [1.807, 2.05) is 0 Å². The number of halogens is 3. The molecule has 130 valence electrons. The van der Waals surface area contributed by atoms with Gasteiger partial charge < -0.3 is 9.47 Å². The molecule has 0 saturated carbocycles.